The number of nitrogens with zero attached hydrogens (tertiary/aromatic N) is 3. The molecule has 5 heteroatoms. The fraction of sp³-hybridized carbons (Fsp3) is 0.136. The molecule has 0 amide bonds. The molecule has 134 valence electrons. The minimum Gasteiger partial charge on any atom is -0.465 e. The summed E-state index contributed by atoms with van der Waals surface area (Å²) in [6, 6.07) is 20.4. The second-order valence-corrected chi connectivity index (χ2v) is 6.49. The van der Waals surface area contributed by atoms with Crippen molar-refractivity contribution in [2.75, 3.05) is 7.11 Å². The van der Waals surface area contributed by atoms with Gasteiger partial charge in [-0.25, -0.2) is 9.48 Å². The van der Waals surface area contributed by atoms with Crippen LogP contribution in [-0.2, 0) is 11.8 Å². The zero-order chi connectivity index (χ0) is 19.0. The number of hydrogen-bond acceptors (Lipinski definition) is 4. The lowest BCUT2D eigenvalue weighted by molar-refractivity contribution is 0.0602. The molecule has 0 atom stereocenters. The van der Waals surface area contributed by atoms with Gasteiger partial charge in [0.1, 0.15) is 11.0 Å². The zero-order valence-electron chi connectivity index (χ0n) is 15.4. The number of carbonyl (C=O) groups is 1. The maximum absolute atomic E-state index is 12.3. The Morgan fingerprint density at radius 2 is 1.74 bits per heavy atom. The Kier molecular flexibility index (Phi) is 4.20. The van der Waals surface area contributed by atoms with Crippen LogP contribution in [0.2, 0.25) is 0 Å². The molecule has 27 heavy (non-hydrogen) atoms. The summed E-state index contributed by atoms with van der Waals surface area (Å²) >= 11 is 0. The Hall–Kier alpha value is -3.47. The van der Waals surface area contributed by atoms with E-state index in [0.717, 1.165) is 16.7 Å². The van der Waals surface area contributed by atoms with E-state index in [4.69, 9.17) is 4.74 Å². The fourth-order valence-electron chi connectivity index (χ4n) is 3.41. The summed E-state index contributed by atoms with van der Waals surface area (Å²) in [5, 5.41) is 8.21. The molecule has 0 unspecified atom stereocenters. The molecule has 0 saturated heterocycles. The van der Waals surface area contributed by atoms with Crippen molar-refractivity contribution in [1.29, 1.82) is 0 Å². The highest BCUT2D eigenvalue weighted by atomic mass is 16.5. The molecule has 5 nitrogen and oxygen atoms in total. The van der Waals surface area contributed by atoms with Gasteiger partial charge in [-0.3, -0.25) is 0 Å². The van der Waals surface area contributed by atoms with Crippen LogP contribution in [0.15, 0.2) is 60.7 Å². The summed E-state index contributed by atoms with van der Waals surface area (Å²) in [4.78, 5) is 12.3. The van der Waals surface area contributed by atoms with Crippen molar-refractivity contribution in [2.45, 2.75) is 6.92 Å². The number of ether oxygens (including phenoxy) is 1. The molecule has 4 rings (SSSR count). The topological polar surface area (TPSA) is 57.0 Å². The van der Waals surface area contributed by atoms with Gasteiger partial charge in [0.15, 0.2) is 0 Å². The van der Waals surface area contributed by atoms with E-state index in [0.29, 0.717) is 16.6 Å². The van der Waals surface area contributed by atoms with Gasteiger partial charge in [-0.05, 0) is 46.9 Å². The summed E-state index contributed by atoms with van der Waals surface area (Å²) in [6.45, 7) is 2.09. The molecule has 0 aliphatic rings. The van der Waals surface area contributed by atoms with E-state index in [2.05, 4.69) is 47.6 Å². The standard InChI is InChI=1S/C22H19N3O2/c1-14-11-16(9-10-18(14)15-7-5-4-6-8-15)17-12-19(22(26)27-3)21-20(13-17)23-24-25(21)2/h4-13H,1-3H3. The Labute approximate surface area is 157 Å². The first-order valence-corrected chi connectivity index (χ1v) is 8.66. The maximum atomic E-state index is 12.3. The van der Waals surface area contributed by atoms with Crippen molar-refractivity contribution in [2.24, 2.45) is 7.05 Å². The number of rotatable bonds is 3. The number of methoxy groups -OCH3 is 1. The summed E-state index contributed by atoms with van der Waals surface area (Å²) in [7, 11) is 3.14. The highest BCUT2D eigenvalue weighted by molar-refractivity contribution is 6.04. The summed E-state index contributed by atoms with van der Waals surface area (Å²) in [5.41, 5.74) is 7.26. The number of hydrogen-bond donors (Lipinski definition) is 0. The van der Waals surface area contributed by atoms with Gasteiger partial charge in [0.25, 0.3) is 0 Å². The lowest BCUT2D eigenvalue weighted by atomic mass is 9.94. The minimum atomic E-state index is -0.398. The average Bonchev–Trinajstić information content (AvgIpc) is 3.08. The van der Waals surface area contributed by atoms with Crippen molar-refractivity contribution in [3.05, 3.63) is 71.8 Å². The van der Waals surface area contributed by atoms with Gasteiger partial charge in [0.2, 0.25) is 0 Å². The highest BCUT2D eigenvalue weighted by Crippen LogP contribution is 2.31. The van der Waals surface area contributed by atoms with Gasteiger partial charge < -0.3 is 4.74 Å². The monoisotopic (exact) mass is 357 g/mol. The van der Waals surface area contributed by atoms with Crippen LogP contribution >= 0.6 is 0 Å². The van der Waals surface area contributed by atoms with E-state index in [1.54, 1.807) is 11.7 Å². The van der Waals surface area contributed by atoms with Crippen LogP contribution in [0.25, 0.3) is 33.3 Å². The molecule has 0 saturated carbocycles. The molecule has 4 aromatic rings. The van der Waals surface area contributed by atoms with Crippen LogP contribution in [0.1, 0.15) is 15.9 Å². The summed E-state index contributed by atoms with van der Waals surface area (Å²) in [5.74, 6) is -0.398. The Morgan fingerprint density at radius 3 is 2.44 bits per heavy atom. The molecule has 0 radical (unpaired) electrons. The average molecular weight is 357 g/mol. The number of aryl methyl sites for hydroxylation is 2. The van der Waals surface area contributed by atoms with E-state index < -0.39 is 5.97 Å². The molecule has 0 spiro atoms. The molecular formula is C22H19N3O2. The largest absolute Gasteiger partial charge is 0.465 e. The van der Waals surface area contributed by atoms with Gasteiger partial charge in [-0.15, -0.1) is 5.10 Å². The van der Waals surface area contributed by atoms with Crippen molar-refractivity contribution in [1.82, 2.24) is 15.0 Å². The van der Waals surface area contributed by atoms with E-state index in [1.165, 1.54) is 18.2 Å². The third-order valence-corrected chi connectivity index (χ3v) is 4.75. The second-order valence-electron chi connectivity index (χ2n) is 6.49. The van der Waals surface area contributed by atoms with Crippen molar-refractivity contribution in [3.8, 4) is 22.3 Å². The molecule has 0 bridgehead atoms. The molecule has 3 aromatic carbocycles. The first-order valence-electron chi connectivity index (χ1n) is 8.66. The first-order chi connectivity index (χ1) is 13.1. The van der Waals surface area contributed by atoms with Gasteiger partial charge in [-0.2, -0.15) is 0 Å². The molecule has 1 heterocycles. The molecule has 1 aromatic heterocycles. The van der Waals surface area contributed by atoms with Gasteiger partial charge in [0.05, 0.1) is 12.7 Å². The van der Waals surface area contributed by atoms with Crippen LogP contribution < -0.4 is 0 Å². The third-order valence-electron chi connectivity index (χ3n) is 4.75. The Bertz CT molecular complexity index is 1150. The van der Waals surface area contributed by atoms with Gasteiger partial charge in [0, 0.05) is 7.05 Å². The fourth-order valence-corrected chi connectivity index (χ4v) is 3.41. The lowest BCUT2D eigenvalue weighted by Gasteiger charge is -2.11. The highest BCUT2D eigenvalue weighted by Gasteiger charge is 2.17. The first kappa shape index (κ1) is 17.0. The van der Waals surface area contributed by atoms with Crippen molar-refractivity contribution in [3.63, 3.8) is 0 Å². The molecule has 0 fully saturated rings. The predicted octanol–water partition coefficient (Wildman–Crippen LogP) is 4.40. The van der Waals surface area contributed by atoms with Gasteiger partial charge >= 0.3 is 5.97 Å². The molecular weight excluding hydrogens is 338 g/mol. The Balaban J connectivity index is 1.85. The second kappa shape index (κ2) is 6.68. The van der Waals surface area contributed by atoms with Gasteiger partial charge in [-0.1, -0.05) is 53.7 Å². The van der Waals surface area contributed by atoms with Crippen LogP contribution in [-0.4, -0.2) is 28.1 Å². The minimum absolute atomic E-state index is 0.398. The summed E-state index contributed by atoms with van der Waals surface area (Å²) in [6.07, 6.45) is 0. The quantitative estimate of drug-likeness (QED) is 0.510. The van der Waals surface area contributed by atoms with Crippen molar-refractivity contribution >= 4 is 17.0 Å². The van der Waals surface area contributed by atoms with Crippen LogP contribution in [0.4, 0.5) is 0 Å². The van der Waals surface area contributed by atoms with E-state index >= 15 is 0 Å². The molecule has 0 N–H and O–H groups in total. The zero-order valence-corrected chi connectivity index (χ0v) is 15.4. The normalized spacial score (nSPS) is 10.9. The smallest absolute Gasteiger partial charge is 0.340 e. The Morgan fingerprint density at radius 1 is 0.963 bits per heavy atom. The molecule has 0 aliphatic heterocycles. The third kappa shape index (κ3) is 2.97. The van der Waals surface area contributed by atoms with Crippen LogP contribution in [0.5, 0.6) is 0 Å². The predicted molar refractivity (Wildman–Crippen MR) is 105 cm³/mol. The van der Waals surface area contributed by atoms with E-state index in [-0.39, 0.29) is 0 Å². The van der Waals surface area contributed by atoms with Crippen LogP contribution in [0, 0.1) is 6.92 Å². The van der Waals surface area contributed by atoms with E-state index in [9.17, 15) is 4.79 Å². The number of esters is 1. The maximum Gasteiger partial charge on any atom is 0.340 e. The van der Waals surface area contributed by atoms with Crippen LogP contribution in [0.3, 0.4) is 0 Å². The number of carbonyl (C=O) groups excluding carboxylic acids is 1. The number of fused-ring (bicyclic) bond motifs is 1. The molecule has 0 aliphatic carbocycles. The lowest BCUT2D eigenvalue weighted by Crippen LogP contribution is -2.05. The SMILES string of the molecule is COC(=O)c1cc(-c2ccc(-c3ccccc3)c(C)c2)cc2nnn(C)c12. The van der Waals surface area contributed by atoms with Crippen molar-refractivity contribution < 1.29 is 9.53 Å². The summed E-state index contributed by atoms with van der Waals surface area (Å²) < 4.78 is 6.54. The number of benzene rings is 3. The number of aromatic nitrogens is 3. The van der Waals surface area contributed by atoms with E-state index in [1.807, 2.05) is 30.3 Å².